The molecule has 4 nitrogen and oxygen atoms in total. The molecular weight excluding hydrogens is 410 g/mol. The summed E-state index contributed by atoms with van der Waals surface area (Å²) >= 11 is 0. The van der Waals surface area contributed by atoms with Gasteiger partial charge in [0.1, 0.15) is 12.4 Å². The fourth-order valence-electron chi connectivity index (χ4n) is 4.94. The van der Waals surface area contributed by atoms with E-state index in [1.54, 1.807) is 0 Å². The van der Waals surface area contributed by atoms with Crippen LogP contribution < -0.4 is 10.1 Å². The summed E-state index contributed by atoms with van der Waals surface area (Å²) in [7, 11) is 0. The number of ketones is 1. The molecule has 0 aromatic heterocycles. The van der Waals surface area contributed by atoms with E-state index in [9.17, 15) is 9.59 Å². The Bertz CT molecular complexity index is 1210. The highest BCUT2D eigenvalue weighted by molar-refractivity contribution is 6.02. The number of carbonyl (C=O) groups is 2. The number of amides is 1. The predicted octanol–water partition coefficient (Wildman–Crippen LogP) is 5.58. The molecule has 33 heavy (non-hydrogen) atoms. The summed E-state index contributed by atoms with van der Waals surface area (Å²) in [5.41, 5.74) is 5.83. The van der Waals surface area contributed by atoms with E-state index in [0.29, 0.717) is 19.4 Å². The third-order valence-corrected chi connectivity index (χ3v) is 6.62. The highest BCUT2D eigenvalue weighted by Crippen LogP contribution is 2.44. The van der Waals surface area contributed by atoms with Gasteiger partial charge in [0.05, 0.1) is 0 Å². The van der Waals surface area contributed by atoms with Crippen LogP contribution in [0.15, 0.2) is 90.1 Å². The minimum Gasteiger partial charge on any atom is -0.489 e. The standard InChI is InChI=1S/C29H27NO3/c1-19-11-13-21(14-12-19)22-15-25-29(26(31)16-22)24(17-28(32)30-25)23-9-5-6-10-27(23)33-18-20-7-3-2-4-8-20/h2-14,22,24H,15-18H2,1H3,(H,30,32)/t22-,24+/m0/s1. The molecule has 1 N–H and O–H groups in total. The van der Waals surface area contributed by atoms with Crippen molar-refractivity contribution in [2.75, 3.05) is 0 Å². The minimum absolute atomic E-state index is 0.0473. The Kier molecular flexibility index (Phi) is 5.82. The molecule has 0 saturated heterocycles. The van der Waals surface area contributed by atoms with Crippen molar-refractivity contribution in [2.24, 2.45) is 0 Å². The van der Waals surface area contributed by atoms with Crippen LogP contribution in [0.2, 0.25) is 0 Å². The zero-order valence-corrected chi connectivity index (χ0v) is 18.7. The second-order valence-corrected chi connectivity index (χ2v) is 8.95. The van der Waals surface area contributed by atoms with Crippen molar-refractivity contribution in [1.29, 1.82) is 0 Å². The summed E-state index contributed by atoms with van der Waals surface area (Å²) in [6, 6.07) is 26.1. The highest BCUT2D eigenvalue weighted by Gasteiger charge is 2.39. The number of hydrogen-bond acceptors (Lipinski definition) is 3. The van der Waals surface area contributed by atoms with Crippen LogP contribution in [-0.4, -0.2) is 11.7 Å². The molecule has 5 rings (SSSR count). The van der Waals surface area contributed by atoms with Gasteiger partial charge in [-0.05, 0) is 36.5 Å². The third kappa shape index (κ3) is 4.47. The molecule has 2 atom stereocenters. The Morgan fingerprint density at radius 1 is 0.848 bits per heavy atom. The summed E-state index contributed by atoms with van der Waals surface area (Å²) in [6.07, 6.45) is 1.38. The minimum atomic E-state index is -0.285. The van der Waals surface area contributed by atoms with Gasteiger partial charge in [0.2, 0.25) is 5.91 Å². The number of aryl methyl sites for hydroxylation is 1. The SMILES string of the molecule is Cc1ccc([C@@H]2CC(=O)C3=C(C2)NC(=O)C[C@@H]3c2ccccc2OCc2ccccc2)cc1. The molecule has 3 aromatic carbocycles. The maximum absolute atomic E-state index is 13.4. The first-order chi connectivity index (χ1) is 16.1. The molecule has 2 aliphatic rings. The van der Waals surface area contributed by atoms with Gasteiger partial charge < -0.3 is 10.1 Å². The van der Waals surface area contributed by atoms with E-state index >= 15 is 0 Å². The van der Waals surface area contributed by atoms with Gasteiger partial charge in [0.25, 0.3) is 0 Å². The van der Waals surface area contributed by atoms with Crippen molar-refractivity contribution in [3.63, 3.8) is 0 Å². The van der Waals surface area contributed by atoms with Gasteiger partial charge in [0, 0.05) is 35.6 Å². The quantitative estimate of drug-likeness (QED) is 0.567. The van der Waals surface area contributed by atoms with Gasteiger partial charge in [-0.25, -0.2) is 0 Å². The fourth-order valence-corrected chi connectivity index (χ4v) is 4.94. The molecule has 1 aliphatic carbocycles. The lowest BCUT2D eigenvalue weighted by Crippen LogP contribution is -2.38. The van der Waals surface area contributed by atoms with Crippen molar-refractivity contribution >= 4 is 11.7 Å². The van der Waals surface area contributed by atoms with E-state index in [0.717, 1.165) is 33.7 Å². The van der Waals surface area contributed by atoms with Crippen LogP contribution in [0.4, 0.5) is 0 Å². The van der Waals surface area contributed by atoms with Crippen LogP contribution in [0.25, 0.3) is 0 Å². The number of Topliss-reactive ketones (excluding diaryl/α,β-unsaturated/α-hetero) is 1. The first kappa shape index (κ1) is 21.2. The summed E-state index contributed by atoms with van der Waals surface area (Å²) in [4.78, 5) is 26.1. The fraction of sp³-hybridized carbons (Fsp3) is 0.241. The number of rotatable bonds is 5. The first-order valence-corrected chi connectivity index (χ1v) is 11.5. The van der Waals surface area contributed by atoms with Crippen LogP contribution in [0.5, 0.6) is 5.75 Å². The normalized spacial score (nSPS) is 20.3. The van der Waals surface area contributed by atoms with Crippen LogP contribution >= 0.6 is 0 Å². The summed E-state index contributed by atoms with van der Waals surface area (Å²) in [5.74, 6) is 0.590. The number of carbonyl (C=O) groups excluding carboxylic acids is 2. The summed E-state index contributed by atoms with van der Waals surface area (Å²) < 4.78 is 6.16. The van der Waals surface area contributed by atoms with Gasteiger partial charge in [-0.15, -0.1) is 0 Å². The molecule has 4 heteroatoms. The number of hydrogen-bond donors (Lipinski definition) is 1. The molecule has 0 fully saturated rings. The Morgan fingerprint density at radius 3 is 2.36 bits per heavy atom. The molecule has 166 valence electrons. The van der Waals surface area contributed by atoms with Crippen molar-refractivity contribution in [3.8, 4) is 5.75 Å². The number of para-hydroxylation sites is 1. The average Bonchev–Trinajstić information content (AvgIpc) is 2.83. The van der Waals surface area contributed by atoms with Crippen LogP contribution in [-0.2, 0) is 16.2 Å². The average molecular weight is 438 g/mol. The largest absolute Gasteiger partial charge is 0.489 e. The molecule has 0 bridgehead atoms. The van der Waals surface area contributed by atoms with Crippen molar-refractivity contribution in [3.05, 3.63) is 112 Å². The Hall–Kier alpha value is -3.66. The predicted molar refractivity (Wildman–Crippen MR) is 128 cm³/mol. The van der Waals surface area contributed by atoms with E-state index in [2.05, 4.69) is 36.5 Å². The Morgan fingerprint density at radius 2 is 1.58 bits per heavy atom. The molecule has 0 spiro atoms. The zero-order valence-electron chi connectivity index (χ0n) is 18.7. The number of allylic oxidation sites excluding steroid dienone is 2. The van der Waals surface area contributed by atoms with E-state index in [-0.39, 0.29) is 29.9 Å². The highest BCUT2D eigenvalue weighted by atomic mass is 16.5. The van der Waals surface area contributed by atoms with Crippen molar-refractivity contribution < 1.29 is 14.3 Å². The molecule has 0 saturated carbocycles. The van der Waals surface area contributed by atoms with E-state index in [1.807, 2.05) is 54.6 Å². The van der Waals surface area contributed by atoms with Gasteiger partial charge in [-0.1, -0.05) is 78.4 Å². The van der Waals surface area contributed by atoms with Crippen LogP contribution in [0.1, 0.15) is 53.4 Å². The molecule has 1 amide bonds. The first-order valence-electron chi connectivity index (χ1n) is 11.5. The maximum atomic E-state index is 13.4. The van der Waals surface area contributed by atoms with Gasteiger partial charge >= 0.3 is 0 Å². The van der Waals surface area contributed by atoms with Crippen molar-refractivity contribution in [2.45, 2.75) is 44.6 Å². The van der Waals surface area contributed by atoms with E-state index in [1.165, 1.54) is 5.56 Å². The monoisotopic (exact) mass is 437 g/mol. The topological polar surface area (TPSA) is 55.4 Å². The number of nitrogens with one attached hydrogen (secondary N) is 1. The summed E-state index contributed by atoms with van der Waals surface area (Å²) in [5, 5.41) is 3.02. The van der Waals surface area contributed by atoms with Gasteiger partial charge in [0.15, 0.2) is 5.78 Å². The molecule has 0 radical (unpaired) electrons. The summed E-state index contributed by atoms with van der Waals surface area (Å²) in [6.45, 7) is 2.49. The number of benzene rings is 3. The Labute approximate surface area is 194 Å². The molecular formula is C29H27NO3. The third-order valence-electron chi connectivity index (χ3n) is 6.62. The van der Waals surface area contributed by atoms with Crippen molar-refractivity contribution in [1.82, 2.24) is 5.32 Å². The molecule has 1 aliphatic heterocycles. The maximum Gasteiger partial charge on any atom is 0.225 e. The lowest BCUT2D eigenvalue weighted by molar-refractivity contribution is -0.122. The lowest BCUT2D eigenvalue weighted by Gasteiger charge is -2.35. The second kappa shape index (κ2) is 9.07. The van der Waals surface area contributed by atoms with Gasteiger partial charge in [-0.3, -0.25) is 9.59 Å². The van der Waals surface area contributed by atoms with Crippen LogP contribution in [0, 0.1) is 6.92 Å². The number of ether oxygens (including phenoxy) is 1. The molecule has 1 heterocycles. The smallest absolute Gasteiger partial charge is 0.225 e. The molecule has 0 unspecified atom stereocenters. The lowest BCUT2D eigenvalue weighted by atomic mass is 9.73. The van der Waals surface area contributed by atoms with E-state index in [4.69, 9.17) is 4.74 Å². The van der Waals surface area contributed by atoms with Gasteiger partial charge in [-0.2, -0.15) is 0 Å². The second-order valence-electron chi connectivity index (χ2n) is 8.95. The molecule has 3 aromatic rings. The zero-order chi connectivity index (χ0) is 22.8. The van der Waals surface area contributed by atoms with Crippen LogP contribution in [0.3, 0.4) is 0 Å². The Balaban J connectivity index is 1.45. The van der Waals surface area contributed by atoms with E-state index < -0.39 is 0 Å².